The van der Waals surface area contributed by atoms with E-state index in [0.29, 0.717) is 5.92 Å². The third kappa shape index (κ3) is 5.31. The van der Waals surface area contributed by atoms with E-state index >= 15 is 0 Å². The quantitative estimate of drug-likeness (QED) is 0.583. The largest absolute Gasteiger partial charge is 0.443 e. The molecule has 8 nitrogen and oxygen atoms in total. The molecule has 0 atom stereocenters. The van der Waals surface area contributed by atoms with Gasteiger partial charge in [0.05, 0.1) is 11.7 Å². The minimum absolute atomic E-state index is 0.156. The molecule has 2 amide bonds. The molecule has 2 aromatic rings. The Kier molecular flexibility index (Phi) is 5.91. The van der Waals surface area contributed by atoms with Gasteiger partial charge in [0.15, 0.2) is 5.65 Å². The fourth-order valence-electron chi connectivity index (χ4n) is 4.31. The highest BCUT2D eigenvalue weighted by Gasteiger charge is 2.40. The molecule has 0 N–H and O–H groups in total. The summed E-state index contributed by atoms with van der Waals surface area (Å²) in [4.78, 5) is 31.3. The van der Waals surface area contributed by atoms with Crippen molar-refractivity contribution in [2.24, 2.45) is 5.92 Å². The lowest BCUT2D eigenvalue weighted by molar-refractivity contribution is -0.00632. The molecule has 0 unspecified atom stereocenters. The summed E-state index contributed by atoms with van der Waals surface area (Å²) >= 11 is 0. The molecule has 0 aromatic carbocycles. The van der Waals surface area contributed by atoms with Gasteiger partial charge in [-0.2, -0.15) is 5.10 Å². The first-order valence-electron chi connectivity index (χ1n) is 11.9. The zero-order chi connectivity index (χ0) is 24.1. The van der Waals surface area contributed by atoms with Crippen LogP contribution in [0, 0.1) is 12.8 Å². The Bertz CT molecular complexity index is 1020. The zero-order valence-electron chi connectivity index (χ0n) is 20.8. The Balaban J connectivity index is 1.48. The normalized spacial score (nSPS) is 20.9. The van der Waals surface area contributed by atoms with Gasteiger partial charge in [-0.05, 0) is 91.7 Å². The van der Waals surface area contributed by atoms with Crippen molar-refractivity contribution in [1.29, 1.82) is 0 Å². The number of nitrogens with zero attached hydrogens (tertiary/aromatic N) is 4. The van der Waals surface area contributed by atoms with Crippen molar-refractivity contribution in [2.75, 3.05) is 6.54 Å². The highest BCUT2D eigenvalue weighted by atomic mass is 16.6. The predicted molar refractivity (Wildman–Crippen MR) is 125 cm³/mol. The van der Waals surface area contributed by atoms with Crippen LogP contribution in [0.25, 0.3) is 11.0 Å². The van der Waals surface area contributed by atoms with Crippen LogP contribution in [0.5, 0.6) is 0 Å². The third-order valence-electron chi connectivity index (χ3n) is 6.02. The zero-order valence-corrected chi connectivity index (χ0v) is 20.8. The van der Waals surface area contributed by atoms with Gasteiger partial charge < -0.3 is 9.47 Å². The van der Waals surface area contributed by atoms with E-state index in [1.807, 2.05) is 12.3 Å². The molecule has 2 fully saturated rings. The van der Waals surface area contributed by atoms with Gasteiger partial charge in [-0.25, -0.2) is 24.2 Å². The molecule has 2 aliphatic rings. The molecule has 0 aliphatic heterocycles. The van der Waals surface area contributed by atoms with Crippen LogP contribution in [0.1, 0.15) is 90.4 Å². The van der Waals surface area contributed by atoms with Crippen LogP contribution in [0.4, 0.5) is 9.59 Å². The number of aromatic nitrogens is 3. The van der Waals surface area contributed by atoms with E-state index in [2.05, 4.69) is 16.6 Å². The smallest absolute Gasteiger partial charge is 0.419 e. The third-order valence-corrected chi connectivity index (χ3v) is 6.02. The minimum atomic E-state index is -0.698. The van der Waals surface area contributed by atoms with Gasteiger partial charge >= 0.3 is 12.2 Å². The van der Waals surface area contributed by atoms with Crippen LogP contribution < -0.4 is 0 Å². The molecule has 0 bridgehead atoms. The maximum atomic E-state index is 12.8. The van der Waals surface area contributed by atoms with Crippen LogP contribution in [-0.4, -0.2) is 49.6 Å². The van der Waals surface area contributed by atoms with E-state index in [9.17, 15) is 9.59 Å². The number of hydrogen-bond donors (Lipinski definition) is 0. The van der Waals surface area contributed by atoms with Crippen LogP contribution in [0.2, 0.25) is 0 Å². The fraction of sp³-hybridized carbons (Fsp3) is 0.680. The first-order chi connectivity index (χ1) is 15.3. The van der Waals surface area contributed by atoms with Gasteiger partial charge in [0.2, 0.25) is 0 Å². The minimum Gasteiger partial charge on any atom is -0.443 e. The monoisotopic (exact) mass is 456 g/mol. The van der Waals surface area contributed by atoms with E-state index in [0.717, 1.165) is 23.4 Å². The lowest BCUT2D eigenvalue weighted by atomic mass is 9.80. The van der Waals surface area contributed by atoms with Crippen LogP contribution in [0.3, 0.4) is 0 Å². The van der Waals surface area contributed by atoms with Crippen LogP contribution >= 0.6 is 0 Å². The number of aryl methyl sites for hydroxylation is 1. The summed E-state index contributed by atoms with van der Waals surface area (Å²) in [6.07, 6.45) is 4.52. The molecule has 4 rings (SSSR count). The fourth-order valence-corrected chi connectivity index (χ4v) is 4.31. The Hall–Kier alpha value is -2.64. The average Bonchev–Trinajstić information content (AvgIpc) is 3.39. The number of carbonyl (C=O) groups is 2. The second kappa shape index (κ2) is 8.29. The summed E-state index contributed by atoms with van der Waals surface area (Å²) in [6.45, 7) is 13.1. The molecular formula is C25H36N4O4. The van der Waals surface area contributed by atoms with Crippen molar-refractivity contribution in [2.45, 2.75) is 97.3 Å². The summed E-state index contributed by atoms with van der Waals surface area (Å²) in [5, 5.41) is 6.16. The summed E-state index contributed by atoms with van der Waals surface area (Å²) in [5.74, 6) is 0.700. The Labute approximate surface area is 195 Å². The highest BCUT2D eigenvalue weighted by molar-refractivity contribution is 5.88. The molecule has 8 heteroatoms. The van der Waals surface area contributed by atoms with Gasteiger partial charge in [-0.3, -0.25) is 0 Å². The summed E-state index contributed by atoms with van der Waals surface area (Å²) in [7, 11) is 0. The number of rotatable bonds is 4. The number of hydrogen-bond acceptors (Lipinski definition) is 6. The van der Waals surface area contributed by atoms with Crippen LogP contribution in [0.15, 0.2) is 12.3 Å². The van der Waals surface area contributed by atoms with E-state index in [1.165, 1.54) is 29.5 Å². The molecule has 0 radical (unpaired) electrons. The van der Waals surface area contributed by atoms with Gasteiger partial charge in [0.25, 0.3) is 0 Å². The molecule has 180 valence electrons. The molecule has 2 aromatic heterocycles. The second-order valence-electron chi connectivity index (χ2n) is 11.5. The number of carbonyl (C=O) groups excluding carboxylic acids is 2. The van der Waals surface area contributed by atoms with Gasteiger partial charge in [0.1, 0.15) is 11.2 Å². The molecule has 2 aliphatic carbocycles. The maximum absolute atomic E-state index is 12.8. The number of ether oxygens (including phenoxy) is 2. The number of amides is 2. The lowest BCUT2D eigenvalue weighted by Crippen LogP contribution is -2.47. The van der Waals surface area contributed by atoms with Crippen molar-refractivity contribution in [3.8, 4) is 0 Å². The highest BCUT2D eigenvalue weighted by Crippen LogP contribution is 2.46. The molecule has 0 saturated heterocycles. The van der Waals surface area contributed by atoms with E-state index in [1.54, 1.807) is 41.5 Å². The predicted octanol–water partition coefficient (Wildman–Crippen LogP) is 5.74. The van der Waals surface area contributed by atoms with Gasteiger partial charge in [-0.1, -0.05) is 0 Å². The Morgan fingerprint density at radius 2 is 1.64 bits per heavy atom. The van der Waals surface area contributed by atoms with E-state index < -0.39 is 23.4 Å². The molecule has 0 spiro atoms. The summed E-state index contributed by atoms with van der Waals surface area (Å²) in [6, 6.07) is 2.25. The van der Waals surface area contributed by atoms with Gasteiger partial charge in [-0.15, -0.1) is 0 Å². The van der Waals surface area contributed by atoms with Crippen molar-refractivity contribution in [3.05, 3.63) is 23.5 Å². The number of pyridine rings is 1. The Morgan fingerprint density at radius 3 is 2.15 bits per heavy atom. The first-order valence-corrected chi connectivity index (χ1v) is 11.9. The molecule has 2 heterocycles. The summed E-state index contributed by atoms with van der Waals surface area (Å²) in [5.41, 5.74) is 1.93. The topological polar surface area (TPSA) is 86.5 Å². The SMILES string of the molecule is Cc1ccnc2c1c(C1CC1)nn2C1CC(CN(C(=O)OC(C)(C)C)C(=O)OC(C)(C)C)C1. The number of imide groups is 1. The van der Waals surface area contributed by atoms with Crippen molar-refractivity contribution >= 4 is 23.2 Å². The first kappa shape index (κ1) is 23.5. The standard InChI is InChI=1S/C25H36N4O4/c1-15-10-11-26-21-19(15)20(17-8-9-17)27-29(21)18-12-16(13-18)14-28(22(30)32-24(2,3)4)23(31)33-25(5,6)7/h10-11,16-18H,8-9,12-14H2,1-7H3. The van der Waals surface area contributed by atoms with E-state index in [-0.39, 0.29) is 18.5 Å². The molecule has 33 heavy (non-hydrogen) atoms. The molecule has 2 saturated carbocycles. The maximum Gasteiger partial charge on any atom is 0.419 e. The van der Waals surface area contributed by atoms with Crippen molar-refractivity contribution < 1.29 is 19.1 Å². The van der Waals surface area contributed by atoms with Gasteiger partial charge in [0, 0.05) is 24.0 Å². The molecular weight excluding hydrogens is 420 g/mol. The summed E-state index contributed by atoms with van der Waals surface area (Å²) < 4.78 is 13.0. The average molecular weight is 457 g/mol. The van der Waals surface area contributed by atoms with E-state index in [4.69, 9.17) is 14.6 Å². The van der Waals surface area contributed by atoms with Crippen LogP contribution in [-0.2, 0) is 9.47 Å². The second-order valence-corrected chi connectivity index (χ2v) is 11.5. The lowest BCUT2D eigenvalue weighted by Gasteiger charge is -2.38. The van der Waals surface area contributed by atoms with Crippen molar-refractivity contribution in [3.63, 3.8) is 0 Å². The van der Waals surface area contributed by atoms with Crippen molar-refractivity contribution in [1.82, 2.24) is 19.7 Å². The Morgan fingerprint density at radius 1 is 1.06 bits per heavy atom. The number of fused-ring (bicyclic) bond motifs is 1.